The first-order chi connectivity index (χ1) is 13.8. The van der Waals surface area contributed by atoms with E-state index < -0.39 is 5.56 Å². The molecule has 2 aromatic rings. The summed E-state index contributed by atoms with van der Waals surface area (Å²) in [6.45, 7) is 6.76. The highest BCUT2D eigenvalue weighted by atomic mass is 16.5. The number of benzene rings is 1. The van der Waals surface area contributed by atoms with Crippen LogP contribution >= 0.6 is 0 Å². The topological polar surface area (TPSA) is 60.8 Å². The van der Waals surface area contributed by atoms with Crippen molar-refractivity contribution >= 4 is 23.1 Å². The number of nitrogens with zero attached hydrogens (tertiary/aromatic N) is 2. The molecule has 6 heteroatoms. The van der Waals surface area contributed by atoms with E-state index in [9.17, 15) is 9.59 Å². The molecule has 0 saturated carbocycles. The van der Waals surface area contributed by atoms with E-state index in [4.69, 9.17) is 9.47 Å². The molecule has 1 aromatic carbocycles. The number of pyridine rings is 1. The van der Waals surface area contributed by atoms with Crippen LogP contribution in [0.4, 0.5) is 5.69 Å². The third-order valence-electron chi connectivity index (χ3n) is 4.73. The maximum absolute atomic E-state index is 12.7. The van der Waals surface area contributed by atoms with Crippen LogP contribution in [0.5, 0.6) is 11.5 Å². The van der Waals surface area contributed by atoms with Gasteiger partial charge in [-0.3, -0.25) is 9.59 Å². The summed E-state index contributed by atoms with van der Waals surface area (Å²) in [5, 5.41) is 0.713. The summed E-state index contributed by atoms with van der Waals surface area (Å²) in [6, 6.07) is 5.72. The molecule has 0 fully saturated rings. The van der Waals surface area contributed by atoms with Gasteiger partial charge in [0.1, 0.15) is 6.61 Å². The fourth-order valence-corrected chi connectivity index (χ4v) is 3.00. The maximum atomic E-state index is 12.7. The average Bonchev–Trinajstić information content (AvgIpc) is 2.67. The first-order valence-electron chi connectivity index (χ1n) is 9.62. The van der Waals surface area contributed by atoms with E-state index in [0.29, 0.717) is 10.9 Å². The smallest absolute Gasteiger partial charge is 0.298 e. The highest BCUT2D eigenvalue weighted by Crippen LogP contribution is 2.34. The van der Waals surface area contributed by atoms with Gasteiger partial charge in [0.15, 0.2) is 5.75 Å². The van der Waals surface area contributed by atoms with Crippen molar-refractivity contribution in [2.24, 2.45) is 7.05 Å². The Labute approximate surface area is 172 Å². The minimum absolute atomic E-state index is 0.0943. The number of anilines is 1. The van der Waals surface area contributed by atoms with Crippen molar-refractivity contribution in [3.05, 3.63) is 51.9 Å². The quantitative estimate of drug-likeness (QED) is 0.468. The molecule has 2 rings (SSSR count). The zero-order valence-corrected chi connectivity index (χ0v) is 18.1. The molecule has 0 spiro atoms. The van der Waals surface area contributed by atoms with E-state index in [1.807, 2.05) is 43.3 Å². The summed E-state index contributed by atoms with van der Waals surface area (Å²) in [7, 11) is 5.52. The van der Waals surface area contributed by atoms with Crippen molar-refractivity contribution in [3.8, 4) is 11.5 Å². The fraction of sp³-hybridized carbons (Fsp3) is 0.391. The Balaban J connectivity index is 2.41. The summed E-state index contributed by atoms with van der Waals surface area (Å²) in [4.78, 5) is 25.7. The van der Waals surface area contributed by atoms with E-state index in [0.717, 1.165) is 18.5 Å². The van der Waals surface area contributed by atoms with Crippen molar-refractivity contribution in [2.75, 3.05) is 25.6 Å². The third kappa shape index (κ3) is 5.50. The van der Waals surface area contributed by atoms with Gasteiger partial charge in [0.05, 0.1) is 5.52 Å². The molecule has 0 radical (unpaired) electrons. The van der Waals surface area contributed by atoms with Crippen LogP contribution in [0.2, 0.25) is 0 Å². The van der Waals surface area contributed by atoms with Gasteiger partial charge in [-0.1, -0.05) is 17.2 Å². The van der Waals surface area contributed by atoms with Gasteiger partial charge < -0.3 is 18.9 Å². The summed E-state index contributed by atoms with van der Waals surface area (Å²) in [6.07, 6.45) is 6.11. The number of rotatable bonds is 9. The van der Waals surface area contributed by atoms with Gasteiger partial charge in [0, 0.05) is 32.2 Å². The molecular weight excluding hydrogens is 368 g/mol. The van der Waals surface area contributed by atoms with Crippen LogP contribution in [-0.2, 0) is 11.8 Å². The van der Waals surface area contributed by atoms with Crippen LogP contribution in [0.15, 0.2) is 46.3 Å². The average molecular weight is 399 g/mol. The summed E-state index contributed by atoms with van der Waals surface area (Å²) in [5.41, 5.74) is 3.74. The van der Waals surface area contributed by atoms with E-state index >= 15 is 0 Å². The number of aryl methyl sites for hydroxylation is 1. The van der Waals surface area contributed by atoms with E-state index in [-0.39, 0.29) is 24.6 Å². The lowest BCUT2D eigenvalue weighted by Crippen LogP contribution is -2.21. The fourth-order valence-electron chi connectivity index (χ4n) is 3.00. The maximum Gasteiger partial charge on any atom is 0.298 e. The predicted octanol–water partition coefficient (Wildman–Crippen LogP) is 4.21. The number of fused-ring (bicyclic) bond motifs is 1. The lowest BCUT2D eigenvalue weighted by atomic mass is 10.1. The minimum Gasteiger partial charge on any atom is -0.485 e. The van der Waals surface area contributed by atoms with Crippen LogP contribution in [0.3, 0.4) is 0 Å². The molecule has 1 aromatic heterocycles. The first-order valence-corrected chi connectivity index (χ1v) is 9.62. The molecular formula is C23H30N2O4. The molecule has 0 atom stereocenters. The second-order valence-electron chi connectivity index (χ2n) is 7.51. The number of carbonyl (C=O) groups is 1. The first kappa shape index (κ1) is 22.3. The standard InChI is InChI=1S/C23H30N2O4/c1-16(2)8-7-9-17(3)12-13-28-21-19-11-10-18(24(4)5)14-20(19)25(6)23(27)22(21)29-15-26/h8,10-12,14-15H,7,9,13H2,1-6H3/b17-12+. The zero-order chi connectivity index (χ0) is 21.6. The summed E-state index contributed by atoms with van der Waals surface area (Å²) in [5.74, 6) is 0.192. The highest BCUT2D eigenvalue weighted by Gasteiger charge is 2.19. The molecule has 6 nitrogen and oxygen atoms in total. The SMILES string of the molecule is CC(C)=CCC/C(C)=C/COc1c(OC=O)c(=O)n(C)c2cc(N(C)C)ccc12. The Morgan fingerprint density at radius 2 is 1.86 bits per heavy atom. The van der Waals surface area contributed by atoms with Crippen LogP contribution in [0.25, 0.3) is 10.9 Å². The molecule has 156 valence electrons. The molecule has 1 heterocycles. The highest BCUT2D eigenvalue weighted by molar-refractivity contribution is 5.90. The second-order valence-corrected chi connectivity index (χ2v) is 7.51. The minimum atomic E-state index is -0.417. The lowest BCUT2D eigenvalue weighted by Gasteiger charge is -2.17. The number of ether oxygens (including phenoxy) is 2. The van der Waals surface area contributed by atoms with Crippen LogP contribution in [-0.4, -0.2) is 31.7 Å². The summed E-state index contributed by atoms with van der Waals surface area (Å²) >= 11 is 0. The number of hydrogen-bond donors (Lipinski definition) is 0. The molecule has 0 saturated heterocycles. The molecule has 0 aliphatic heterocycles. The molecule has 0 bridgehead atoms. The summed E-state index contributed by atoms with van der Waals surface area (Å²) < 4.78 is 12.4. The molecule has 29 heavy (non-hydrogen) atoms. The number of carbonyl (C=O) groups excluding carboxylic acids is 1. The van der Waals surface area contributed by atoms with E-state index in [1.165, 1.54) is 15.7 Å². The Hall–Kier alpha value is -3.02. The van der Waals surface area contributed by atoms with Gasteiger partial charge in [0.2, 0.25) is 5.75 Å². The molecule has 0 amide bonds. The van der Waals surface area contributed by atoms with Crippen molar-refractivity contribution in [2.45, 2.75) is 33.6 Å². The molecule has 0 N–H and O–H groups in total. The van der Waals surface area contributed by atoms with Gasteiger partial charge in [-0.05, 0) is 57.9 Å². The second kappa shape index (κ2) is 9.96. The number of allylic oxidation sites excluding steroid dienone is 3. The predicted molar refractivity (Wildman–Crippen MR) is 118 cm³/mol. The molecule has 0 unspecified atom stereocenters. The van der Waals surface area contributed by atoms with Gasteiger partial charge in [-0.25, -0.2) is 0 Å². The largest absolute Gasteiger partial charge is 0.485 e. The monoisotopic (exact) mass is 398 g/mol. The van der Waals surface area contributed by atoms with Crippen LogP contribution in [0.1, 0.15) is 33.6 Å². The van der Waals surface area contributed by atoms with Crippen molar-refractivity contribution in [1.29, 1.82) is 0 Å². The van der Waals surface area contributed by atoms with Gasteiger partial charge in [-0.2, -0.15) is 0 Å². The van der Waals surface area contributed by atoms with E-state index in [2.05, 4.69) is 26.8 Å². The van der Waals surface area contributed by atoms with Gasteiger partial charge in [0.25, 0.3) is 12.0 Å². The van der Waals surface area contributed by atoms with Crippen molar-refractivity contribution in [1.82, 2.24) is 4.57 Å². The van der Waals surface area contributed by atoms with Crippen molar-refractivity contribution < 1.29 is 14.3 Å². The zero-order valence-electron chi connectivity index (χ0n) is 18.1. The Bertz CT molecular complexity index is 996. The third-order valence-corrected chi connectivity index (χ3v) is 4.73. The normalized spacial score (nSPS) is 11.3. The van der Waals surface area contributed by atoms with Crippen molar-refractivity contribution in [3.63, 3.8) is 0 Å². The Morgan fingerprint density at radius 1 is 1.14 bits per heavy atom. The number of aromatic nitrogens is 1. The van der Waals surface area contributed by atoms with E-state index in [1.54, 1.807) is 7.05 Å². The lowest BCUT2D eigenvalue weighted by molar-refractivity contribution is -0.120. The molecule has 0 aliphatic rings. The Morgan fingerprint density at radius 3 is 2.48 bits per heavy atom. The Kier molecular flexibility index (Phi) is 7.65. The molecule has 0 aliphatic carbocycles. The van der Waals surface area contributed by atoms with Crippen LogP contribution in [0, 0.1) is 0 Å². The number of hydrogen-bond acceptors (Lipinski definition) is 5. The van der Waals surface area contributed by atoms with Crippen LogP contribution < -0.4 is 19.9 Å². The van der Waals surface area contributed by atoms with Gasteiger partial charge in [-0.15, -0.1) is 0 Å². The van der Waals surface area contributed by atoms with Gasteiger partial charge >= 0.3 is 0 Å².